The van der Waals surface area contributed by atoms with Crippen LogP contribution in [0.15, 0.2) is 60.9 Å². The molecule has 0 saturated carbocycles. The van der Waals surface area contributed by atoms with Crippen molar-refractivity contribution >= 4 is 11.5 Å². The Hall–Kier alpha value is -3.59. The topological polar surface area (TPSA) is 62.2 Å². The van der Waals surface area contributed by atoms with Gasteiger partial charge in [0.2, 0.25) is 0 Å². The van der Waals surface area contributed by atoms with Crippen molar-refractivity contribution in [2.75, 3.05) is 11.9 Å². The minimum Gasteiger partial charge on any atom is -0.355 e. The van der Waals surface area contributed by atoms with Crippen LogP contribution < -0.4 is 4.90 Å². The SMILES string of the molecule is CCc1cc(N(C)Cc2ccc(-n3cccc3C#N)cc2)n2nccc2n1. The summed E-state index contributed by atoms with van der Waals surface area (Å²) < 4.78 is 3.75. The molecule has 6 heteroatoms. The van der Waals surface area contributed by atoms with Crippen molar-refractivity contribution in [3.63, 3.8) is 0 Å². The number of aromatic nitrogens is 4. The smallest absolute Gasteiger partial charge is 0.157 e. The van der Waals surface area contributed by atoms with Crippen molar-refractivity contribution in [2.24, 2.45) is 0 Å². The predicted octanol–water partition coefficient (Wildman–Crippen LogP) is 3.59. The van der Waals surface area contributed by atoms with Crippen molar-refractivity contribution in [1.82, 2.24) is 19.2 Å². The summed E-state index contributed by atoms with van der Waals surface area (Å²) in [4.78, 5) is 6.78. The number of rotatable bonds is 5. The van der Waals surface area contributed by atoms with Crippen molar-refractivity contribution < 1.29 is 0 Å². The lowest BCUT2D eigenvalue weighted by molar-refractivity contribution is 0.822. The number of anilines is 1. The molecule has 0 aliphatic carbocycles. The molecule has 0 bridgehead atoms. The summed E-state index contributed by atoms with van der Waals surface area (Å²) in [5, 5.41) is 13.6. The van der Waals surface area contributed by atoms with E-state index in [0.717, 1.165) is 35.8 Å². The summed E-state index contributed by atoms with van der Waals surface area (Å²) in [6, 6.07) is 18.2. The Morgan fingerprint density at radius 3 is 2.70 bits per heavy atom. The zero-order valence-corrected chi connectivity index (χ0v) is 15.4. The molecule has 0 saturated heterocycles. The molecule has 6 nitrogen and oxygen atoms in total. The molecule has 0 unspecified atom stereocenters. The average molecular weight is 356 g/mol. The molecule has 0 amide bonds. The van der Waals surface area contributed by atoms with Gasteiger partial charge in [0.1, 0.15) is 17.6 Å². The summed E-state index contributed by atoms with van der Waals surface area (Å²) in [6.07, 6.45) is 4.56. The Labute approximate surface area is 157 Å². The van der Waals surface area contributed by atoms with E-state index in [4.69, 9.17) is 0 Å². The molecule has 3 heterocycles. The number of benzene rings is 1. The van der Waals surface area contributed by atoms with Crippen LogP contribution in [0.5, 0.6) is 0 Å². The second-order valence-corrected chi connectivity index (χ2v) is 6.46. The summed E-state index contributed by atoms with van der Waals surface area (Å²) in [5.41, 5.74) is 4.71. The zero-order valence-electron chi connectivity index (χ0n) is 15.4. The number of hydrogen-bond donors (Lipinski definition) is 0. The normalized spacial score (nSPS) is 10.9. The van der Waals surface area contributed by atoms with E-state index in [2.05, 4.69) is 53.2 Å². The zero-order chi connectivity index (χ0) is 18.8. The molecule has 27 heavy (non-hydrogen) atoms. The van der Waals surface area contributed by atoms with Gasteiger partial charge in [0.15, 0.2) is 5.65 Å². The van der Waals surface area contributed by atoms with Gasteiger partial charge in [-0.3, -0.25) is 0 Å². The van der Waals surface area contributed by atoms with Crippen LogP contribution in [-0.4, -0.2) is 26.2 Å². The Morgan fingerprint density at radius 1 is 1.15 bits per heavy atom. The van der Waals surface area contributed by atoms with Gasteiger partial charge in [0.05, 0.1) is 6.20 Å². The fourth-order valence-corrected chi connectivity index (χ4v) is 3.21. The first-order valence-corrected chi connectivity index (χ1v) is 8.91. The van der Waals surface area contributed by atoms with Crippen molar-refractivity contribution in [2.45, 2.75) is 19.9 Å². The first-order valence-electron chi connectivity index (χ1n) is 8.91. The first-order chi connectivity index (χ1) is 13.2. The van der Waals surface area contributed by atoms with Gasteiger partial charge in [0.25, 0.3) is 0 Å². The Kier molecular flexibility index (Phi) is 4.35. The fraction of sp³-hybridized carbons (Fsp3) is 0.190. The Bertz CT molecular complexity index is 1110. The minimum absolute atomic E-state index is 0.629. The molecule has 0 spiro atoms. The third-order valence-electron chi connectivity index (χ3n) is 4.64. The number of fused-ring (bicyclic) bond motifs is 1. The number of nitriles is 1. The third kappa shape index (κ3) is 3.15. The highest BCUT2D eigenvalue weighted by atomic mass is 15.3. The summed E-state index contributed by atoms with van der Waals surface area (Å²) >= 11 is 0. The second-order valence-electron chi connectivity index (χ2n) is 6.46. The quantitative estimate of drug-likeness (QED) is 0.548. The predicted molar refractivity (Wildman–Crippen MR) is 105 cm³/mol. The molecular formula is C21H20N6. The van der Waals surface area contributed by atoms with Crippen LogP contribution in [-0.2, 0) is 13.0 Å². The van der Waals surface area contributed by atoms with E-state index in [1.54, 1.807) is 6.20 Å². The van der Waals surface area contributed by atoms with Gasteiger partial charge in [-0.05, 0) is 36.2 Å². The average Bonchev–Trinajstić information content (AvgIpc) is 3.36. The van der Waals surface area contributed by atoms with Crippen LogP contribution >= 0.6 is 0 Å². The first kappa shape index (κ1) is 16.9. The van der Waals surface area contributed by atoms with Crippen LogP contribution in [0.2, 0.25) is 0 Å². The monoisotopic (exact) mass is 356 g/mol. The van der Waals surface area contributed by atoms with E-state index in [0.29, 0.717) is 5.69 Å². The minimum atomic E-state index is 0.629. The van der Waals surface area contributed by atoms with Gasteiger partial charge in [0, 0.05) is 43.3 Å². The van der Waals surface area contributed by atoms with Crippen LogP contribution in [0.1, 0.15) is 23.9 Å². The Balaban J connectivity index is 1.59. The van der Waals surface area contributed by atoms with Gasteiger partial charge in [-0.25, -0.2) is 4.98 Å². The highest BCUT2D eigenvalue weighted by molar-refractivity contribution is 5.51. The number of nitrogens with zero attached hydrogens (tertiary/aromatic N) is 6. The molecule has 0 atom stereocenters. The second kappa shape index (κ2) is 6.96. The molecule has 0 fully saturated rings. The highest BCUT2D eigenvalue weighted by Gasteiger charge is 2.11. The van der Waals surface area contributed by atoms with E-state index in [1.807, 2.05) is 45.6 Å². The van der Waals surface area contributed by atoms with Crippen LogP contribution in [0.3, 0.4) is 0 Å². The van der Waals surface area contributed by atoms with Crippen LogP contribution in [0, 0.1) is 11.3 Å². The molecule has 1 aromatic carbocycles. The molecular weight excluding hydrogens is 336 g/mol. The molecule has 4 rings (SSSR count). The number of hydrogen-bond acceptors (Lipinski definition) is 4. The van der Waals surface area contributed by atoms with Gasteiger partial charge < -0.3 is 9.47 Å². The molecule has 4 aromatic rings. The maximum atomic E-state index is 9.19. The lowest BCUT2D eigenvalue weighted by Crippen LogP contribution is -2.20. The van der Waals surface area contributed by atoms with Gasteiger partial charge >= 0.3 is 0 Å². The summed E-state index contributed by atoms with van der Waals surface area (Å²) in [5.74, 6) is 1.02. The fourth-order valence-electron chi connectivity index (χ4n) is 3.21. The van der Waals surface area contributed by atoms with E-state index in [1.165, 1.54) is 5.56 Å². The van der Waals surface area contributed by atoms with Crippen LogP contribution in [0.25, 0.3) is 11.3 Å². The van der Waals surface area contributed by atoms with Crippen molar-refractivity contribution in [3.8, 4) is 11.8 Å². The van der Waals surface area contributed by atoms with Crippen molar-refractivity contribution in [3.05, 3.63) is 77.9 Å². The summed E-state index contributed by atoms with van der Waals surface area (Å²) in [7, 11) is 2.06. The molecule has 0 aliphatic heterocycles. The number of aryl methyl sites for hydroxylation is 1. The lowest BCUT2D eigenvalue weighted by Gasteiger charge is -2.21. The molecule has 3 aromatic heterocycles. The van der Waals surface area contributed by atoms with Crippen LogP contribution in [0.4, 0.5) is 5.82 Å². The maximum Gasteiger partial charge on any atom is 0.157 e. The highest BCUT2D eigenvalue weighted by Crippen LogP contribution is 2.20. The largest absolute Gasteiger partial charge is 0.355 e. The van der Waals surface area contributed by atoms with Gasteiger partial charge in [-0.15, -0.1) is 0 Å². The van der Waals surface area contributed by atoms with Gasteiger partial charge in [-0.2, -0.15) is 14.9 Å². The lowest BCUT2D eigenvalue weighted by atomic mass is 10.2. The molecule has 134 valence electrons. The Morgan fingerprint density at radius 2 is 1.96 bits per heavy atom. The van der Waals surface area contributed by atoms with E-state index in [9.17, 15) is 5.26 Å². The molecule has 0 radical (unpaired) electrons. The maximum absolute atomic E-state index is 9.19. The van der Waals surface area contributed by atoms with Gasteiger partial charge in [-0.1, -0.05) is 19.1 Å². The third-order valence-corrected chi connectivity index (χ3v) is 4.64. The molecule has 0 N–H and O–H groups in total. The standard InChI is InChI=1S/C21H20N6/c1-3-17-13-21(27-20(24-17)10-11-23-27)25(2)15-16-6-8-18(9-7-16)26-12-4-5-19(26)14-22/h4-13H,3,15H2,1-2H3. The van der Waals surface area contributed by atoms with E-state index in [-0.39, 0.29) is 0 Å². The van der Waals surface area contributed by atoms with E-state index < -0.39 is 0 Å². The molecule has 0 aliphatic rings. The van der Waals surface area contributed by atoms with E-state index >= 15 is 0 Å². The summed E-state index contributed by atoms with van der Waals surface area (Å²) in [6.45, 7) is 2.85. The van der Waals surface area contributed by atoms with Crippen molar-refractivity contribution in [1.29, 1.82) is 5.26 Å².